The highest BCUT2D eigenvalue weighted by atomic mass is 16.3. The second kappa shape index (κ2) is 4.34. The summed E-state index contributed by atoms with van der Waals surface area (Å²) in [7, 11) is 1.93. The van der Waals surface area contributed by atoms with E-state index in [0.29, 0.717) is 6.54 Å². The first-order valence-electron chi connectivity index (χ1n) is 4.91. The average molecular weight is 207 g/mol. The van der Waals surface area contributed by atoms with Crippen molar-refractivity contribution in [1.82, 2.24) is 0 Å². The van der Waals surface area contributed by atoms with Crippen LogP contribution in [-0.2, 0) is 4.79 Å². The van der Waals surface area contributed by atoms with E-state index >= 15 is 0 Å². The minimum Gasteiger partial charge on any atom is -0.508 e. The summed E-state index contributed by atoms with van der Waals surface area (Å²) < 4.78 is 0. The van der Waals surface area contributed by atoms with Crippen molar-refractivity contribution in [3.63, 3.8) is 0 Å². The third-order valence-electron chi connectivity index (χ3n) is 2.25. The van der Waals surface area contributed by atoms with Crippen LogP contribution >= 0.6 is 0 Å². The van der Waals surface area contributed by atoms with Crippen LogP contribution in [0.4, 0.5) is 5.69 Å². The van der Waals surface area contributed by atoms with Gasteiger partial charge in [0.25, 0.3) is 0 Å². The summed E-state index contributed by atoms with van der Waals surface area (Å²) in [6, 6.07) is 6.94. The van der Waals surface area contributed by atoms with Gasteiger partial charge in [0.2, 0.25) is 0 Å². The van der Waals surface area contributed by atoms with Crippen molar-refractivity contribution in [2.24, 2.45) is 5.41 Å². The zero-order valence-corrected chi connectivity index (χ0v) is 9.40. The molecule has 82 valence electrons. The van der Waals surface area contributed by atoms with E-state index in [-0.39, 0.29) is 11.2 Å². The van der Waals surface area contributed by atoms with Crippen molar-refractivity contribution in [2.75, 3.05) is 18.5 Å². The maximum Gasteiger partial charge on any atom is 0.127 e. The lowest BCUT2D eigenvalue weighted by atomic mass is 9.95. The molecule has 0 unspecified atom stereocenters. The van der Waals surface area contributed by atoms with Crippen LogP contribution in [0, 0.1) is 5.41 Å². The maximum absolute atomic E-state index is 10.8. The van der Waals surface area contributed by atoms with Crippen LogP contribution in [0.25, 0.3) is 0 Å². The topological polar surface area (TPSA) is 40.5 Å². The molecule has 0 aromatic heterocycles. The number of carbonyl (C=O) groups is 1. The number of carbonyl (C=O) groups excluding carboxylic acids is 1. The number of benzene rings is 1. The average Bonchev–Trinajstić information content (AvgIpc) is 2.18. The first-order chi connectivity index (χ1) is 6.94. The number of phenols is 1. The molecule has 1 N–H and O–H groups in total. The fourth-order valence-electron chi connectivity index (χ4n) is 1.45. The largest absolute Gasteiger partial charge is 0.508 e. The van der Waals surface area contributed by atoms with Crippen LogP contribution < -0.4 is 4.90 Å². The molecule has 0 bridgehead atoms. The lowest BCUT2D eigenvalue weighted by molar-refractivity contribution is -0.114. The predicted molar refractivity (Wildman–Crippen MR) is 61.2 cm³/mol. The Kier molecular flexibility index (Phi) is 3.35. The van der Waals surface area contributed by atoms with Gasteiger partial charge < -0.3 is 14.8 Å². The van der Waals surface area contributed by atoms with E-state index < -0.39 is 0 Å². The Morgan fingerprint density at radius 1 is 1.33 bits per heavy atom. The molecular weight excluding hydrogens is 190 g/mol. The predicted octanol–water partition coefficient (Wildman–Crippen LogP) is 2.05. The molecule has 0 aliphatic rings. The van der Waals surface area contributed by atoms with Gasteiger partial charge in [-0.15, -0.1) is 0 Å². The maximum atomic E-state index is 10.8. The second-order valence-electron chi connectivity index (χ2n) is 4.48. The van der Waals surface area contributed by atoms with Crippen LogP contribution in [0.15, 0.2) is 24.3 Å². The number of nitrogens with zero attached hydrogens (tertiary/aromatic N) is 1. The normalized spacial score (nSPS) is 11.1. The quantitative estimate of drug-likeness (QED) is 0.768. The Balaban J connectivity index is 2.73. The highest BCUT2D eigenvalue weighted by Gasteiger charge is 2.19. The Morgan fingerprint density at radius 2 is 1.87 bits per heavy atom. The van der Waals surface area contributed by atoms with Crippen molar-refractivity contribution in [3.05, 3.63) is 24.3 Å². The van der Waals surface area contributed by atoms with E-state index in [2.05, 4.69) is 0 Å². The van der Waals surface area contributed by atoms with Crippen molar-refractivity contribution >= 4 is 12.0 Å². The molecule has 1 aromatic carbocycles. The van der Waals surface area contributed by atoms with Gasteiger partial charge in [0.15, 0.2) is 0 Å². The van der Waals surface area contributed by atoms with Gasteiger partial charge in [-0.1, -0.05) is 13.8 Å². The molecule has 0 radical (unpaired) electrons. The number of hydrogen-bond donors (Lipinski definition) is 1. The fourth-order valence-corrected chi connectivity index (χ4v) is 1.45. The van der Waals surface area contributed by atoms with E-state index in [1.807, 2.05) is 37.9 Å². The molecule has 1 rings (SSSR count). The summed E-state index contributed by atoms with van der Waals surface area (Å²) in [5.41, 5.74) is 0.634. The Bertz CT molecular complexity index is 330. The number of rotatable bonds is 4. The molecule has 0 aliphatic carbocycles. The van der Waals surface area contributed by atoms with Crippen molar-refractivity contribution in [3.8, 4) is 5.75 Å². The third kappa shape index (κ3) is 3.27. The minimum atomic E-state index is -0.355. The van der Waals surface area contributed by atoms with Gasteiger partial charge >= 0.3 is 0 Å². The highest BCUT2D eigenvalue weighted by Crippen LogP contribution is 2.21. The molecule has 0 saturated carbocycles. The van der Waals surface area contributed by atoms with Gasteiger partial charge in [-0.3, -0.25) is 0 Å². The second-order valence-corrected chi connectivity index (χ2v) is 4.48. The molecule has 0 amide bonds. The van der Waals surface area contributed by atoms with Crippen LogP contribution in [0.1, 0.15) is 13.8 Å². The van der Waals surface area contributed by atoms with Gasteiger partial charge in [0.05, 0.1) is 0 Å². The fraction of sp³-hybridized carbons (Fsp3) is 0.417. The summed E-state index contributed by atoms with van der Waals surface area (Å²) in [5.74, 6) is 0.252. The SMILES string of the molecule is CN(CC(C)(C)C=O)c1ccc(O)cc1. The van der Waals surface area contributed by atoms with E-state index in [9.17, 15) is 4.79 Å². The standard InChI is InChI=1S/C12H17NO2/c1-12(2,9-14)8-13(3)10-4-6-11(15)7-5-10/h4-7,9,15H,8H2,1-3H3. The van der Waals surface area contributed by atoms with Crippen molar-refractivity contribution in [1.29, 1.82) is 0 Å². The van der Waals surface area contributed by atoms with Gasteiger partial charge in [0, 0.05) is 24.7 Å². The van der Waals surface area contributed by atoms with E-state index in [1.54, 1.807) is 12.1 Å². The van der Waals surface area contributed by atoms with E-state index in [1.165, 1.54) is 0 Å². The smallest absolute Gasteiger partial charge is 0.127 e. The van der Waals surface area contributed by atoms with Crippen molar-refractivity contribution < 1.29 is 9.90 Å². The van der Waals surface area contributed by atoms with E-state index in [4.69, 9.17) is 5.11 Å². The van der Waals surface area contributed by atoms with Gasteiger partial charge in [-0.2, -0.15) is 0 Å². The number of aromatic hydroxyl groups is 1. The van der Waals surface area contributed by atoms with Gasteiger partial charge in [-0.25, -0.2) is 0 Å². The number of aldehydes is 1. The molecule has 0 saturated heterocycles. The molecule has 0 heterocycles. The first-order valence-corrected chi connectivity index (χ1v) is 4.91. The molecular formula is C12H17NO2. The zero-order valence-electron chi connectivity index (χ0n) is 9.40. The summed E-state index contributed by atoms with van der Waals surface area (Å²) in [6.45, 7) is 4.45. The Morgan fingerprint density at radius 3 is 2.33 bits per heavy atom. The van der Waals surface area contributed by atoms with Gasteiger partial charge in [0.1, 0.15) is 12.0 Å². The van der Waals surface area contributed by atoms with Crippen LogP contribution in [-0.4, -0.2) is 25.0 Å². The van der Waals surface area contributed by atoms with E-state index in [0.717, 1.165) is 12.0 Å². The highest BCUT2D eigenvalue weighted by molar-refractivity contribution is 5.60. The summed E-state index contributed by atoms with van der Waals surface area (Å²) in [4.78, 5) is 12.8. The summed E-state index contributed by atoms with van der Waals surface area (Å²) >= 11 is 0. The van der Waals surface area contributed by atoms with Crippen molar-refractivity contribution in [2.45, 2.75) is 13.8 Å². The number of hydrogen-bond acceptors (Lipinski definition) is 3. The van der Waals surface area contributed by atoms with Gasteiger partial charge in [-0.05, 0) is 24.3 Å². The molecule has 1 aromatic rings. The lowest BCUT2D eigenvalue weighted by Crippen LogP contribution is -2.32. The van der Waals surface area contributed by atoms with Crippen LogP contribution in [0.3, 0.4) is 0 Å². The Labute approximate surface area is 90.3 Å². The van der Waals surface area contributed by atoms with Crippen LogP contribution in [0.2, 0.25) is 0 Å². The molecule has 3 heteroatoms. The molecule has 0 spiro atoms. The molecule has 3 nitrogen and oxygen atoms in total. The lowest BCUT2D eigenvalue weighted by Gasteiger charge is -2.27. The third-order valence-corrected chi connectivity index (χ3v) is 2.25. The Hall–Kier alpha value is -1.51. The molecule has 0 fully saturated rings. The molecule has 0 aliphatic heterocycles. The minimum absolute atomic E-state index is 0.252. The zero-order chi connectivity index (χ0) is 11.5. The summed E-state index contributed by atoms with van der Waals surface area (Å²) in [6.07, 6.45) is 0.962. The number of phenolic OH excluding ortho intramolecular Hbond substituents is 1. The monoisotopic (exact) mass is 207 g/mol. The molecule has 0 atom stereocenters. The number of anilines is 1. The molecule has 15 heavy (non-hydrogen) atoms. The first kappa shape index (κ1) is 11.6. The summed E-state index contributed by atoms with van der Waals surface area (Å²) in [5, 5.41) is 9.14. The van der Waals surface area contributed by atoms with Crippen LogP contribution in [0.5, 0.6) is 5.75 Å².